The second-order valence-electron chi connectivity index (χ2n) is 7.84. The highest BCUT2D eigenvalue weighted by Crippen LogP contribution is 2.32. The van der Waals surface area contributed by atoms with Gasteiger partial charge in [-0.2, -0.15) is 4.31 Å². The molecule has 0 bridgehead atoms. The van der Waals surface area contributed by atoms with Gasteiger partial charge in [0.1, 0.15) is 0 Å². The van der Waals surface area contributed by atoms with E-state index in [-0.39, 0.29) is 19.0 Å². The largest absolute Gasteiger partial charge is 0.336 e. The first-order valence-electron chi connectivity index (χ1n) is 9.84. The van der Waals surface area contributed by atoms with Crippen molar-refractivity contribution in [1.82, 2.24) is 14.2 Å². The molecule has 1 fully saturated rings. The summed E-state index contributed by atoms with van der Waals surface area (Å²) in [5.74, 6) is -0.107. The highest BCUT2D eigenvalue weighted by molar-refractivity contribution is 7.89. The van der Waals surface area contributed by atoms with Gasteiger partial charge in [0.25, 0.3) is 5.91 Å². The molecule has 0 radical (unpaired) electrons. The summed E-state index contributed by atoms with van der Waals surface area (Å²) in [5.41, 5.74) is 6.20. The number of pyridine rings is 1. The molecule has 0 atom stereocenters. The zero-order chi connectivity index (χ0) is 21.5. The molecule has 0 N–H and O–H groups in total. The second-order valence-corrected chi connectivity index (χ2v) is 9.71. The van der Waals surface area contributed by atoms with E-state index in [0.717, 1.165) is 33.5 Å². The van der Waals surface area contributed by atoms with Crippen molar-refractivity contribution in [3.05, 3.63) is 57.4 Å². The van der Waals surface area contributed by atoms with Crippen LogP contribution in [0.2, 0.25) is 0 Å². The fraction of sp³-hybridized carbons (Fsp3) is 0.455. The van der Waals surface area contributed by atoms with Crippen LogP contribution >= 0.6 is 0 Å². The number of aryl methyl sites for hydroxylation is 1. The van der Waals surface area contributed by atoms with Crippen LogP contribution in [0.5, 0.6) is 0 Å². The Morgan fingerprint density at radius 2 is 1.34 bits per heavy atom. The monoisotopic (exact) mass is 415 g/mol. The number of carbonyl (C=O) groups is 1. The molecule has 0 unspecified atom stereocenters. The van der Waals surface area contributed by atoms with Gasteiger partial charge < -0.3 is 4.90 Å². The molecule has 7 heteroatoms. The zero-order valence-electron chi connectivity index (χ0n) is 18.0. The van der Waals surface area contributed by atoms with E-state index < -0.39 is 10.0 Å². The van der Waals surface area contributed by atoms with Gasteiger partial charge in [-0.3, -0.25) is 9.78 Å². The Kier molecular flexibility index (Phi) is 5.83. The lowest BCUT2D eigenvalue weighted by Gasteiger charge is -2.35. The lowest BCUT2D eigenvalue weighted by Crippen LogP contribution is -2.50. The molecule has 156 valence electrons. The smallest absolute Gasteiger partial charge is 0.255 e. The maximum atomic E-state index is 13.4. The third-order valence-corrected chi connectivity index (χ3v) is 8.39. The number of benzene rings is 1. The van der Waals surface area contributed by atoms with E-state index in [2.05, 4.69) is 4.98 Å². The third kappa shape index (κ3) is 3.81. The maximum Gasteiger partial charge on any atom is 0.255 e. The normalized spacial score (nSPS) is 15.6. The number of hydrogen-bond donors (Lipinski definition) is 0. The van der Waals surface area contributed by atoms with E-state index in [9.17, 15) is 13.2 Å². The van der Waals surface area contributed by atoms with Gasteiger partial charge in [-0.05, 0) is 81.5 Å². The van der Waals surface area contributed by atoms with Gasteiger partial charge in [0.05, 0.1) is 10.5 Å². The number of sulfonamides is 1. The molecule has 3 rings (SSSR count). The van der Waals surface area contributed by atoms with Crippen LogP contribution in [0.3, 0.4) is 0 Å². The van der Waals surface area contributed by atoms with Crippen LogP contribution in [0.1, 0.15) is 43.9 Å². The average molecular weight is 416 g/mol. The molecule has 1 aromatic carbocycles. The van der Waals surface area contributed by atoms with Crippen molar-refractivity contribution in [2.45, 2.75) is 46.4 Å². The SMILES string of the molecule is Cc1ccc(C(=O)N2CCN(S(=O)(=O)c3c(C)c(C)c(C)c(C)c3C)CC2)cn1. The Hall–Kier alpha value is -2.25. The van der Waals surface area contributed by atoms with Crippen molar-refractivity contribution in [2.24, 2.45) is 0 Å². The molecule has 6 nitrogen and oxygen atoms in total. The van der Waals surface area contributed by atoms with Crippen molar-refractivity contribution in [3.8, 4) is 0 Å². The first kappa shape index (κ1) is 21.5. The molecule has 2 heterocycles. The van der Waals surface area contributed by atoms with Gasteiger partial charge >= 0.3 is 0 Å². The van der Waals surface area contributed by atoms with Gasteiger partial charge in [0.2, 0.25) is 10.0 Å². The van der Waals surface area contributed by atoms with Crippen molar-refractivity contribution in [2.75, 3.05) is 26.2 Å². The highest BCUT2D eigenvalue weighted by atomic mass is 32.2. The van der Waals surface area contributed by atoms with Gasteiger partial charge in [-0.25, -0.2) is 8.42 Å². The fourth-order valence-corrected chi connectivity index (χ4v) is 5.87. The molecule has 1 aromatic heterocycles. The molecule has 2 aromatic rings. The van der Waals surface area contributed by atoms with E-state index in [1.165, 1.54) is 4.31 Å². The van der Waals surface area contributed by atoms with Crippen LogP contribution in [-0.4, -0.2) is 54.7 Å². The van der Waals surface area contributed by atoms with Crippen LogP contribution in [0, 0.1) is 41.5 Å². The van der Waals surface area contributed by atoms with E-state index in [1.54, 1.807) is 17.2 Å². The first-order valence-corrected chi connectivity index (χ1v) is 11.3. The van der Waals surface area contributed by atoms with Crippen molar-refractivity contribution < 1.29 is 13.2 Å². The Bertz CT molecular complexity index is 1020. The lowest BCUT2D eigenvalue weighted by molar-refractivity contribution is 0.0697. The first-order chi connectivity index (χ1) is 13.6. The topological polar surface area (TPSA) is 70.6 Å². The van der Waals surface area contributed by atoms with Gasteiger partial charge in [-0.1, -0.05) is 0 Å². The fourth-order valence-electron chi connectivity index (χ4n) is 3.89. The number of rotatable bonds is 3. The third-order valence-electron chi connectivity index (χ3n) is 6.21. The van der Waals surface area contributed by atoms with Crippen LogP contribution in [0.25, 0.3) is 0 Å². The van der Waals surface area contributed by atoms with E-state index in [4.69, 9.17) is 0 Å². The van der Waals surface area contributed by atoms with Crippen molar-refractivity contribution >= 4 is 15.9 Å². The molecule has 29 heavy (non-hydrogen) atoms. The van der Waals surface area contributed by atoms with E-state index in [0.29, 0.717) is 23.5 Å². The minimum atomic E-state index is -3.62. The minimum Gasteiger partial charge on any atom is -0.336 e. The van der Waals surface area contributed by atoms with Crippen LogP contribution in [0.15, 0.2) is 23.2 Å². The van der Waals surface area contributed by atoms with Gasteiger partial charge in [-0.15, -0.1) is 0 Å². The van der Waals surface area contributed by atoms with Crippen molar-refractivity contribution in [1.29, 1.82) is 0 Å². The molecule has 1 amide bonds. The number of hydrogen-bond acceptors (Lipinski definition) is 4. The van der Waals surface area contributed by atoms with E-state index in [1.807, 2.05) is 47.6 Å². The molecule has 0 spiro atoms. The summed E-state index contributed by atoms with van der Waals surface area (Å²) in [7, 11) is -3.62. The highest BCUT2D eigenvalue weighted by Gasteiger charge is 2.33. The number of aromatic nitrogens is 1. The Labute approximate surface area is 173 Å². The summed E-state index contributed by atoms with van der Waals surface area (Å²) >= 11 is 0. The Morgan fingerprint density at radius 3 is 1.83 bits per heavy atom. The molecular formula is C22H29N3O3S. The molecule has 0 aliphatic carbocycles. The summed E-state index contributed by atoms with van der Waals surface area (Å²) in [6.45, 7) is 12.9. The summed E-state index contributed by atoms with van der Waals surface area (Å²) in [6, 6.07) is 3.57. The quantitative estimate of drug-likeness (QED) is 0.772. The molecule has 1 aliphatic heterocycles. The average Bonchev–Trinajstić information content (AvgIpc) is 2.71. The molecule has 0 saturated carbocycles. The summed E-state index contributed by atoms with van der Waals surface area (Å²) < 4.78 is 28.4. The lowest BCUT2D eigenvalue weighted by atomic mass is 9.95. The Balaban J connectivity index is 1.82. The molecule has 1 saturated heterocycles. The number of carbonyl (C=O) groups excluding carboxylic acids is 1. The summed E-state index contributed by atoms with van der Waals surface area (Å²) in [5, 5.41) is 0. The molecule has 1 aliphatic rings. The van der Waals surface area contributed by atoms with Crippen LogP contribution in [0.4, 0.5) is 0 Å². The van der Waals surface area contributed by atoms with Gasteiger partial charge in [0, 0.05) is 38.1 Å². The van der Waals surface area contributed by atoms with Gasteiger partial charge in [0.15, 0.2) is 0 Å². The van der Waals surface area contributed by atoms with Crippen LogP contribution < -0.4 is 0 Å². The number of nitrogens with zero attached hydrogens (tertiary/aromatic N) is 3. The van der Waals surface area contributed by atoms with Crippen molar-refractivity contribution in [3.63, 3.8) is 0 Å². The minimum absolute atomic E-state index is 0.107. The second kappa shape index (κ2) is 7.88. The predicted molar refractivity (Wildman–Crippen MR) is 114 cm³/mol. The summed E-state index contributed by atoms with van der Waals surface area (Å²) in [4.78, 5) is 19.0. The predicted octanol–water partition coefficient (Wildman–Crippen LogP) is 3.08. The number of piperazine rings is 1. The summed E-state index contributed by atoms with van der Waals surface area (Å²) in [6.07, 6.45) is 1.57. The maximum absolute atomic E-state index is 13.4. The Morgan fingerprint density at radius 1 is 0.828 bits per heavy atom. The number of amides is 1. The van der Waals surface area contributed by atoms with E-state index >= 15 is 0 Å². The van der Waals surface area contributed by atoms with Crippen LogP contribution in [-0.2, 0) is 10.0 Å². The molecular weight excluding hydrogens is 386 g/mol. The zero-order valence-corrected chi connectivity index (χ0v) is 18.9. The standard InChI is InChI=1S/C22H29N3O3S/c1-14-7-8-20(13-23-14)22(26)24-9-11-25(12-10-24)29(27,28)21-18(5)16(3)15(2)17(4)19(21)6/h7-8,13H,9-12H2,1-6H3.